The van der Waals surface area contributed by atoms with Crippen LogP contribution in [0.2, 0.25) is 0 Å². The molecular formula is C19H18N2O4S2. The molecule has 0 amide bonds. The van der Waals surface area contributed by atoms with Gasteiger partial charge in [-0.25, -0.2) is 12.4 Å². The lowest BCUT2D eigenvalue weighted by Gasteiger charge is -2.18. The van der Waals surface area contributed by atoms with Crippen LogP contribution in [-0.2, 0) is 10.0 Å². The fraction of sp³-hybridized carbons (Fsp3) is 0.158. The van der Waals surface area contributed by atoms with Crippen LogP contribution >= 0.6 is 11.8 Å². The van der Waals surface area contributed by atoms with Crippen LogP contribution in [-0.4, -0.2) is 17.3 Å². The predicted molar refractivity (Wildman–Crippen MR) is 105 cm³/mol. The second-order valence-corrected chi connectivity index (χ2v) is 8.90. The van der Waals surface area contributed by atoms with Gasteiger partial charge in [0.25, 0.3) is 15.7 Å². The molecule has 0 N–H and O–H groups in total. The second-order valence-electron chi connectivity index (χ2n) is 5.81. The first-order valence-electron chi connectivity index (χ1n) is 8.32. The Kier molecular flexibility index (Phi) is 5.67. The Bertz CT molecular complexity index is 1030. The molecule has 0 saturated carbocycles. The zero-order valence-electron chi connectivity index (χ0n) is 14.6. The van der Waals surface area contributed by atoms with Gasteiger partial charge in [-0.1, -0.05) is 25.1 Å². The van der Waals surface area contributed by atoms with Crippen LogP contribution in [0.15, 0.2) is 82.7 Å². The summed E-state index contributed by atoms with van der Waals surface area (Å²) < 4.78 is 27.4. The molecule has 0 unspecified atom stereocenters. The van der Waals surface area contributed by atoms with Crippen LogP contribution in [0.4, 0.5) is 5.69 Å². The van der Waals surface area contributed by atoms with E-state index in [1.165, 1.54) is 34.4 Å². The SMILES string of the molecule is CC[C@@H](Sc1ccccc1)c1cccn1S(=O)(=O)c1ccc([N+](=O)[O-])cc1. The number of nitrogens with zero attached hydrogens (tertiary/aromatic N) is 2. The summed E-state index contributed by atoms with van der Waals surface area (Å²) in [6, 6.07) is 18.2. The van der Waals surface area contributed by atoms with E-state index in [9.17, 15) is 18.5 Å². The number of benzene rings is 2. The number of hydrogen-bond donors (Lipinski definition) is 0. The van der Waals surface area contributed by atoms with Gasteiger partial charge in [0, 0.05) is 28.9 Å². The van der Waals surface area contributed by atoms with Crippen LogP contribution in [0.3, 0.4) is 0 Å². The topological polar surface area (TPSA) is 82.2 Å². The molecule has 0 aliphatic carbocycles. The Labute approximate surface area is 162 Å². The lowest BCUT2D eigenvalue weighted by Crippen LogP contribution is -2.16. The smallest absolute Gasteiger partial charge is 0.258 e. The van der Waals surface area contributed by atoms with Crippen molar-refractivity contribution < 1.29 is 13.3 Å². The first kappa shape index (κ1) is 19.2. The molecule has 140 valence electrons. The van der Waals surface area contributed by atoms with Crippen LogP contribution < -0.4 is 0 Å². The molecule has 0 aliphatic heterocycles. The van der Waals surface area contributed by atoms with E-state index in [1.807, 2.05) is 37.3 Å². The molecule has 0 aliphatic rings. The lowest BCUT2D eigenvalue weighted by atomic mass is 10.2. The van der Waals surface area contributed by atoms with E-state index in [0.717, 1.165) is 11.3 Å². The molecule has 1 aromatic heterocycles. The minimum Gasteiger partial charge on any atom is -0.258 e. The van der Waals surface area contributed by atoms with Crippen LogP contribution in [0.5, 0.6) is 0 Å². The molecule has 27 heavy (non-hydrogen) atoms. The molecule has 3 rings (SSSR count). The summed E-state index contributed by atoms with van der Waals surface area (Å²) in [7, 11) is -3.84. The molecule has 8 heteroatoms. The Balaban J connectivity index is 1.95. The van der Waals surface area contributed by atoms with E-state index in [2.05, 4.69) is 0 Å². The first-order valence-corrected chi connectivity index (χ1v) is 10.6. The fourth-order valence-electron chi connectivity index (χ4n) is 2.72. The normalized spacial score (nSPS) is 12.6. The molecule has 0 bridgehead atoms. The first-order chi connectivity index (χ1) is 12.9. The van der Waals surface area contributed by atoms with E-state index in [1.54, 1.807) is 23.9 Å². The van der Waals surface area contributed by atoms with Crippen molar-refractivity contribution in [2.75, 3.05) is 0 Å². The molecule has 2 aromatic carbocycles. The Morgan fingerprint density at radius 2 is 1.70 bits per heavy atom. The van der Waals surface area contributed by atoms with Gasteiger partial charge in [0.05, 0.1) is 15.1 Å². The van der Waals surface area contributed by atoms with Gasteiger partial charge >= 0.3 is 0 Å². The molecule has 1 atom stereocenters. The Morgan fingerprint density at radius 1 is 1.04 bits per heavy atom. The molecule has 0 spiro atoms. The van der Waals surface area contributed by atoms with Crippen molar-refractivity contribution in [1.29, 1.82) is 0 Å². The standard InChI is InChI=1S/C19H18N2O4S2/c1-2-19(26-16-7-4-3-5-8-16)18-9-6-14-20(18)27(24,25)17-12-10-15(11-13-17)21(22)23/h3-14,19H,2H2,1H3/t19-/m1/s1. The van der Waals surface area contributed by atoms with E-state index in [-0.39, 0.29) is 15.8 Å². The van der Waals surface area contributed by atoms with Crippen molar-refractivity contribution >= 4 is 27.5 Å². The number of non-ortho nitro benzene ring substituents is 1. The Morgan fingerprint density at radius 3 is 2.30 bits per heavy atom. The molecule has 6 nitrogen and oxygen atoms in total. The van der Waals surface area contributed by atoms with Gasteiger partial charge < -0.3 is 0 Å². The lowest BCUT2D eigenvalue weighted by molar-refractivity contribution is -0.384. The van der Waals surface area contributed by atoms with Gasteiger partial charge in [-0.2, -0.15) is 0 Å². The van der Waals surface area contributed by atoms with E-state index >= 15 is 0 Å². The molecule has 3 aromatic rings. The zero-order valence-corrected chi connectivity index (χ0v) is 16.2. The highest BCUT2D eigenvalue weighted by atomic mass is 32.2. The summed E-state index contributed by atoms with van der Waals surface area (Å²) in [5.41, 5.74) is 0.525. The summed E-state index contributed by atoms with van der Waals surface area (Å²) in [5, 5.41) is 10.7. The molecule has 0 radical (unpaired) electrons. The van der Waals surface area contributed by atoms with Crippen molar-refractivity contribution in [2.24, 2.45) is 0 Å². The summed E-state index contributed by atoms with van der Waals surface area (Å²) in [6.45, 7) is 2.01. The van der Waals surface area contributed by atoms with Crippen molar-refractivity contribution in [1.82, 2.24) is 3.97 Å². The summed E-state index contributed by atoms with van der Waals surface area (Å²) in [4.78, 5) is 11.3. The maximum Gasteiger partial charge on any atom is 0.269 e. The average molecular weight is 402 g/mol. The number of hydrogen-bond acceptors (Lipinski definition) is 5. The van der Waals surface area contributed by atoms with Crippen molar-refractivity contribution in [3.05, 3.63) is 88.7 Å². The van der Waals surface area contributed by atoms with Gasteiger partial charge in [-0.15, -0.1) is 11.8 Å². The minimum absolute atomic E-state index is 0.0186. The summed E-state index contributed by atoms with van der Waals surface area (Å²) in [6.07, 6.45) is 2.26. The van der Waals surface area contributed by atoms with E-state index in [4.69, 9.17) is 0 Å². The third-order valence-electron chi connectivity index (χ3n) is 4.07. The van der Waals surface area contributed by atoms with Gasteiger partial charge in [0.2, 0.25) is 0 Å². The monoisotopic (exact) mass is 402 g/mol. The van der Waals surface area contributed by atoms with Crippen molar-refractivity contribution in [3.8, 4) is 0 Å². The van der Waals surface area contributed by atoms with Gasteiger partial charge in [0.1, 0.15) is 0 Å². The van der Waals surface area contributed by atoms with Gasteiger partial charge in [-0.05, 0) is 42.8 Å². The quantitative estimate of drug-likeness (QED) is 0.320. The number of rotatable bonds is 7. The third-order valence-corrected chi connectivity index (χ3v) is 7.19. The third kappa shape index (κ3) is 4.06. The average Bonchev–Trinajstić information content (AvgIpc) is 3.17. The molecule has 1 heterocycles. The number of nitro benzene ring substituents is 1. The Hall–Kier alpha value is -2.58. The largest absolute Gasteiger partial charge is 0.269 e. The minimum atomic E-state index is -3.84. The predicted octanol–water partition coefficient (Wildman–Crippen LogP) is 4.88. The van der Waals surface area contributed by atoms with E-state index < -0.39 is 14.9 Å². The van der Waals surface area contributed by atoms with Crippen LogP contribution in [0.1, 0.15) is 24.3 Å². The van der Waals surface area contributed by atoms with Crippen molar-refractivity contribution in [3.63, 3.8) is 0 Å². The zero-order chi connectivity index (χ0) is 19.4. The van der Waals surface area contributed by atoms with E-state index in [0.29, 0.717) is 5.69 Å². The number of aromatic nitrogens is 1. The summed E-state index contributed by atoms with van der Waals surface area (Å²) >= 11 is 1.60. The molecule has 0 fully saturated rings. The highest BCUT2D eigenvalue weighted by molar-refractivity contribution is 7.99. The highest BCUT2D eigenvalue weighted by Crippen LogP contribution is 2.38. The van der Waals surface area contributed by atoms with Crippen LogP contribution in [0, 0.1) is 10.1 Å². The molecule has 0 saturated heterocycles. The van der Waals surface area contributed by atoms with Crippen molar-refractivity contribution in [2.45, 2.75) is 28.4 Å². The second kappa shape index (κ2) is 7.98. The fourth-order valence-corrected chi connectivity index (χ4v) is 5.31. The maximum absolute atomic E-state index is 13.1. The summed E-state index contributed by atoms with van der Waals surface area (Å²) in [5.74, 6) is 0. The highest BCUT2D eigenvalue weighted by Gasteiger charge is 2.24. The number of thioether (sulfide) groups is 1. The molecular weight excluding hydrogens is 384 g/mol. The number of nitro groups is 1. The van der Waals surface area contributed by atoms with Crippen LogP contribution in [0.25, 0.3) is 0 Å². The van der Waals surface area contributed by atoms with Gasteiger partial charge in [0.15, 0.2) is 0 Å². The maximum atomic E-state index is 13.1. The van der Waals surface area contributed by atoms with Gasteiger partial charge in [-0.3, -0.25) is 10.1 Å².